The predicted octanol–water partition coefficient (Wildman–Crippen LogP) is -0.737. The number of amides is 1. The van der Waals surface area contributed by atoms with E-state index in [1.807, 2.05) is 6.20 Å². The summed E-state index contributed by atoms with van der Waals surface area (Å²) < 4.78 is 1.75. The van der Waals surface area contributed by atoms with Gasteiger partial charge in [-0.05, 0) is 6.42 Å². The van der Waals surface area contributed by atoms with Crippen molar-refractivity contribution in [3.8, 4) is 0 Å². The second-order valence-corrected chi connectivity index (χ2v) is 2.95. The average Bonchev–Trinajstić information content (AvgIpc) is 2.63. The summed E-state index contributed by atoms with van der Waals surface area (Å²) in [5.41, 5.74) is 5.89. The Morgan fingerprint density at radius 1 is 1.71 bits per heavy atom. The minimum atomic E-state index is -0.185. The van der Waals surface area contributed by atoms with E-state index in [0.717, 1.165) is 18.7 Å². The molecular weight excluding hydrogens is 182 g/mol. The van der Waals surface area contributed by atoms with Gasteiger partial charge in [-0.2, -0.15) is 0 Å². The van der Waals surface area contributed by atoms with Crippen LogP contribution in [-0.4, -0.2) is 27.4 Å². The van der Waals surface area contributed by atoms with Gasteiger partial charge in [0.05, 0.1) is 19.3 Å². The Kier molecular flexibility index (Phi) is 4.06. The fourth-order valence-corrected chi connectivity index (χ4v) is 1.02. The van der Waals surface area contributed by atoms with Crippen molar-refractivity contribution in [2.75, 3.05) is 6.54 Å². The molecule has 1 rings (SSSR count). The van der Waals surface area contributed by atoms with Gasteiger partial charge in [-0.25, -0.2) is 0 Å². The van der Waals surface area contributed by atoms with Crippen LogP contribution < -0.4 is 11.1 Å². The maximum atomic E-state index is 10.8. The number of nitrogens with zero attached hydrogens (tertiary/aromatic N) is 3. The maximum Gasteiger partial charge on any atom is 0.234 e. The van der Waals surface area contributed by atoms with E-state index in [1.165, 1.54) is 0 Å². The van der Waals surface area contributed by atoms with Crippen LogP contribution in [0.1, 0.15) is 19.0 Å². The van der Waals surface area contributed by atoms with Gasteiger partial charge >= 0.3 is 0 Å². The number of hydrogen-bond acceptors (Lipinski definition) is 4. The van der Waals surface area contributed by atoms with Gasteiger partial charge in [0.1, 0.15) is 5.69 Å². The van der Waals surface area contributed by atoms with Crippen LogP contribution in [0.25, 0.3) is 0 Å². The molecular formula is C8H15N5O. The molecule has 3 N–H and O–H groups in total. The summed E-state index contributed by atoms with van der Waals surface area (Å²) in [5.74, 6) is -0.185. The van der Waals surface area contributed by atoms with E-state index in [4.69, 9.17) is 5.73 Å². The lowest BCUT2D eigenvalue weighted by Crippen LogP contribution is -2.29. The molecule has 1 aromatic rings. The summed E-state index contributed by atoms with van der Waals surface area (Å²) >= 11 is 0. The first kappa shape index (κ1) is 10.6. The molecule has 1 heterocycles. The molecule has 0 spiro atoms. The van der Waals surface area contributed by atoms with Crippen molar-refractivity contribution >= 4 is 5.91 Å². The molecule has 78 valence electrons. The number of carbonyl (C=O) groups excluding carboxylic acids is 1. The van der Waals surface area contributed by atoms with Gasteiger partial charge in [-0.1, -0.05) is 12.1 Å². The first-order valence-corrected chi connectivity index (χ1v) is 4.62. The zero-order chi connectivity index (χ0) is 10.4. The molecule has 0 aliphatic heterocycles. The third-order valence-electron chi connectivity index (χ3n) is 1.69. The number of aryl methyl sites for hydroxylation is 1. The standard InChI is InChI=1S/C8H15N5O/c1-2-3-13-6-7(11-12-13)5-10-8(14)4-9/h6H,2-5,9H2,1H3,(H,10,14). The van der Waals surface area contributed by atoms with Crippen LogP contribution in [0.4, 0.5) is 0 Å². The monoisotopic (exact) mass is 197 g/mol. The molecule has 6 heteroatoms. The molecule has 0 fully saturated rings. The van der Waals surface area contributed by atoms with Crippen molar-refractivity contribution in [1.82, 2.24) is 20.3 Å². The summed E-state index contributed by atoms with van der Waals surface area (Å²) in [7, 11) is 0. The number of nitrogens with one attached hydrogen (secondary N) is 1. The number of hydrogen-bond donors (Lipinski definition) is 2. The third-order valence-corrected chi connectivity index (χ3v) is 1.69. The molecule has 0 atom stereocenters. The third kappa shape index (κ3) is 3.14. The highest BCUT2D eigenvalue weighted by molar-refractivity contribution is 5.77. The first-order valence-electron chi connectivity index (χ1n) is 4.62. The molecule has 6 nitrogen and oxygen atoms in total. The number of carbonyl (C=O) groups is 1. The highest BCUT2D eigenvalue weighted by atomic mass is 16.1. The molecule has 0 radical (unpaired) electrons. The van der Waals surface area contributed by atoms with E-state index in [-0.39, 0.29) is 12.5 Å². The minimum absolute atomic E-state index is 0.00307. The smallest absolute Gasteiger partial charge is 0.234 e. The molecule has 0 saturated carbocycles. The van der Waals surface area contributed by atoms with E-state index in [2.05, 4.69) is 22.6 Å². The maximum absolute atomic E-state index is 10.8. The summed E-state index contributed by atoms with van der Waals surface area (Å²) in [6, 6.07) is 0. The first-order chi connectivity index (χ1) is 6.76. The number of nitrogens with two attached hydrogens (primary N) is 1. The van der Waals surface area contributed by atoms with Crippen LogP contribution in [0.15, 0.2) is 6.20 Å². The van der Waals surface area contributed by atoms with Crippen LogP contribution >= 0.6 is 0 Å². The molecule has 0 aliphatic carbocycles. The van der Waals surface area contributed by atoms with Crippen LogP contribution in [0.2, 0.25) is 0 Å². The zero-order valence-electron chi connectivity index (χ0n) is 8.23. The van der Waals surface area contributed by atoms with E-state index in [0.29, 0.717) is 6.54 Å². The van der Waals surface area contributed by atoms with E-state index in [9.17, 15) is 4.79 Å². The van der Waals surface area contributed by atoms with Crippen LogP contribution in [0.3, 0.4) is 0 Å². The molecule has 0 unspecified atom stereocenters. The summed E-state index contributed by atoms with van der Waals surface area (Å²) in [4.78, 5) is 10.8. The van der Waals surface area contributed by atoms with Gasteiger partial charge in [0, 0.05) is 6.54 Å². The highest BCUT2D eigenvalue weighted by Gasteiger charge is 2.01. The molecule has 1 amide bonds. The normalized spacial score (nSPS) is 10.1. The van der Waals surface area contributed by atoms with Gasteiger partial charge in [0.25, 0.3) is 0 Å². The number of rotatable bonds is 5. The summed E-state index contributed by atoms with van der Waals surface area (Å²) in [5, 5.41) is 10.4. The highest BCUT2D eigenvalue weighted by Crippen LogP contribution is 1.93. The predicted molar refractivity (Wildman–Crippen MR) is 51.2 cm³/mol. The largest absolute Gasteiger partial charge is 0.349 e. The van der Waals surface area contributed by atoms with Gasteiger partial charge < -0.3 is 11.1 Å². The van der Waals surface area contributed by atoms with E-state index >= 15 is 0 Å². The topological polar surface area (TPSA) is 85.8 Å². The Labute approximate surface area is 82.5 Å². The Balaban J connectivity index is 2.39. The van der Waals surface area contributed by atoms with Gasteiger partial charge in [0.2, 0.25) is 5.91 Å². The van der Waals surface area contributed by atoms with Gasteiger partial charge in [-0.15, -0.1) is 5.10 Å². The van der Waals surface area contributed by atoms with Crippen LogP contribution in [0, 0.1) is 0 Å². The van der Waals surface area contributed by atoms with Crippen molar-refractivity contribution in [2.24, 2.45) is 5.73 Å². The summed E-state index contributed by atoms with van der Waals surface area (Å²) in [6.45, 7) is 3.30. The van der Waals surface area contributed by atoms with E-state index < -0.39 is 0 Å². The second kappa shape index (κ2) is 5.33. The Morgan fingerprint density at radius 3 is 3.14 bits per heavy atom. The molecule has 0 aromatic carbocycles. The molecule has 0 aliphatic rings. The van der Waals surface area contributed by atoms with Gasteiger partial charge in [-0.3, -0.25) is 9.48 Å². The fourth-order valence-electron chi connectivity index (χ4n) is 1.02. The Hall–Kier alpha value is -1.43. The fraction of sp³-hybridized carbons (Fsp3) is 0.625. The second-order valence-electron chi connectivity index (χ2n) is 2.95. The van der Waals surface area contributed by atoms with E-state index in [1.54, 1.807) is 4.68 Å². The Bertz CT molecular complexity index is 296. The number of aromatic nitrogens is 3. The molecule has 14 heavy (non-hydrogen) atoms. The average molecular weight is 197 g/mol. The van der Waals surface area contributed by atoms with Crippen molar-refractivity contribution in [3.63, 3.8) is 0 Å². The van der Waals surface area contributed by atoms with Crippen molar-refractivity contribution < 1.29 is 4.79 Å². The SMILES string of the molecule is CCCn1cc(CNC(=O)CN)nn1. The van der Waals surface area contributed by atoms with Crippen LogP contribution in [-0.2, 0) is 17.9 Å². The molecule has 0 bridgehead atoms. The zero-order valence-corrected chi connectivity index (χ0v) is 8.23. The lowest BCUT2D eigenvalue weighted by Gasteiger charge is -1.98. The quantitative estimate of drug-likeness (QED) is 0.651. The van der Waals surface area contributed by atoms with Crippen molar-refractivity contribution in [2.45, 2.75) is 26.4 Å². The molecule has 1 aromatic heterocycles. The minimum Gasteiger partial charge on any atom is -0.349 e. The lowest BCUT2D eigenvalue weighted by molar-refractivity contribution is -0.119. The summed E-state index contributed by atoms with van der Waals surface area (Å²) in [6.07, 6.45) is 2.83. The van der Waals surface area contributed by atoms with Crippen molar-refractivity contribution in [1.29, 1.82) is 0 Å². The lowest BCUT2D eigenvalue weighted by atomic mass is 10.4. The molecule has 0 saturated heterocycles. The van der Waals surface area contributed by atoms with Crippen molar-refractivity contribution in [3.05, 3.63) is 11.9 Å². The van der Waals surface area contributed by atoms with Gasteiger partial charge in [0.15, 0.2) is 0 Å². The Morgan fingerprint density at radius 2 is 2.50 bits per heavy atom. The van der Waals surface area contributed by atoms with Crippen LogP contribution in [0.5, 0.6) is 0 Å².